The quantitative estimate of drug-likeness (QED) is 0.544. The summed E-state index contributed by atoms with van der Waals surface area (Å²) in [6.45, 7) is 4.82. The fourth-order valence-corrected chi connectivity index (χ4v) is 1.06. The molecule has 0 aliphatic heterocycles. The van der Waals surface area contributed by atoms with Gasteiger partial charge in [-0.1, -0.05) is 26.2 Å². The van der Waals surface area contributed by atoms with Crippen molar-refractivity contribution in [2.75, 3.05) is 13.1 Å². The summed E-state index contributed by atoms with van der Waals surface area (Å²) in [5.41, 5.74) is 0. The van der Waals surface area contributed by atoms with Crippen LogP contribution >= 0.6 is 0 Å². The van der Waals surface area contributed by atoms with E-state index in [-0.39, 0.29) is 6.03 Å². The SMILES string of the molecule is CCCCCCNC(=O)NCC(C)O. The van der Waals surface area contributed by atoms with Crippen LogP contribution in [0.2, 0.25) is 0 Å². The van der Waals surface area contributed by atoms with Crippen molar-refractivity contribution in [3.05, 3.63) is 0 Å². The highest BCUT2D eigenvalue weighted by Crippen LogP contribution is 1.96. The summed E-state index contributed by atoms with van der Waals surface area (Å²) in [6.07, 6.45) is 4.12. The lowest BCUT2D eigenvalue weighted by Gasteiger charge is -2.08. The highest BCUT2D eigenvalue weighted by atomic mass is 16.3. The first-order valence-corrected chi connectivity index (χ1v) is 5.36. The van der Waals surface area contributed by atoms with E-state index >= 15 is 0 Å². The second kappa shape index (κ2) is 8.81. The zero-order valence-electron chi connectivity index (χ0n) is 9.18. The van der Waals surface area contributed by atoms with E-state index in [1.165, 1.54) is 12.8 Å². The maximum Gasteiger partial charge on any atom is 0.314 e. The van der Waals surface area contributed by atoms with E-state index in [2.05, 4.69) is 17.6 Å². The number of aliphatic hydroxyl groups excluding tert-OH is 1. The monoisotopic (exact) mass is 202 g/mol. The predicted octanol–water partition coefficient (Wildman–Crippen LogP) is 1.25. The zero-order valence-corrected chi connectivity index (χ0v) is 9.18. The molecule has 0 spiro atoms. The van der Waals surface area contributed by atoms with Crippen LogP contribution in [0.4, 0.5) is 4.79 Å². The van der Waals surface area contributed by atoms with Gasteiger partial charge in [0.25, 0.3) is 0 Å². The van der Waals surface area contributed by atoms with Crippen LogP contribution in [-0.2, 0) is 0 Å². The summed E-state index contributed by atoms with van der Waals surface area (Å²) in [6, 6.07) is -0.192. The summed E-state index contributed by atoms with van der Waals surface area (Å²) >= 11 is 0. The van der Waals surface area contributed by atoms with Crippen LogP contribution in [0.5, 0.6) is 0 Å². The Bertz CT molecular complexity index is 149. The Hall–Kier alpha value is -0.770. The van der Waals surface area contributed by atoms with Crippen molar-refractivity contribution in [2.45, 2.75) is 45.6 Å². The van der Waals surface area contributed by atoms with E-state index in [1.54, 1.807) is 6.92 Å². The first-order chi connectivity index (χ1) is 6.66. The van der Waals surface area contributed by atoms with Crippen LogP contribution in [0, 0.1) is 0 Å². The molecule has 2 amide bonds. The van der Waals surface area contributed by atoms with Crippen molar-refractivity contribution in [3.63, 3.8) is 0 Å². The summed E-state index contributed by atoms with van der Waals surface area (Å²) in [7, 11) is 0. The number of carbonyl (C=O) groups excluding carboxylic acids is 1. The second-order valence-electron chi connectivity index (χ2n) is 3.55. The zero-order chi connectivity index (χ0) is 10.8. The molecule has 0 heterocycles. The van der Waals surface area contributed by atoms with E-state index in [0.717, 1.165) is 12.8 Å². The summed E-state index contributed by atoms with van der Waals surface area (Å²) in [5, 5.41) is 14.2. The third kappa shape index (κ3) is 9.32. The lowest BCUT2D eigenvalue weighted by Crippen LogP contribution is -2.39. The highest BCUT2D eigenvalue weighted by Gasteiger charge is 2.00. The molecule has 4 nitrogen and oxygen atoms in total. The van der Waals surface area contributed by atoms with Crippen molar-refractivity contribution in [3.8, 4) is 0 Å². The minimum atomic E-state index is -0.485. The minimum absolute atomic E-state index is 0.192. The molecule has 14 heavy (non-hydrogen) atoms. The fraction of sp³-hybridized carbons (Fsp3) is 0.900. The molecule has 0 aliphatic rings. The van der Waals surface area contributed by atoms with Crippen molar-refractivity contribution < 1.29 is 9.90 Å². The number of unbranched alkanes of at least 4 members (excludes halogenated alkanes) is 3. The average Bonchev–Trinajstić information content (AvgIpc) is 2.14. The molecular formula is C10H22N2O2. The number of urea groups is 1. The molecule has 0 fully saturated rings. The molecule has 0 aromatic carbocycles. The fourth-order valence-electron chi connectivity index (χ4n) is 1.06. The first kappa shape index (κ1) is 13.2. The largest absolute Gasteiger partial charge is 0.392 e. The number of aliphatic hydroxyl groups is 1. The van der Waals surface area contributed by atoms with Crippen molar-refractivity contribution >= 4 is 6.03 Å². The van der Waals surface area contributed by atoms with Gasteiger partial charge in [-0.25, -0.2) is 4.79 Å². The molecule has 0 radical (unpaired) electrons. The molecule has 84 valence electrons. The number of hydrogen-bond donors (Lipinski definition) is 3. The van der Waals surface area contributed by atoms with Gasteiger partial charge in [0.2, 0.25) is 0 Å². The van der Waals surface area contributed by atoms with Crippen LogP contribution in [0.1, 0.15) is 39.5 Å². The maximum atomic E-state index is 11.0. The molecule has 0 rings (SSSR count). The third-order valence-corrected chi connectivity index (χ3v) is 1.87. The number of hydrogen-bond acceptors (Lipinski definition) is 2. The minimum Gasteiger partial charge on any atom is -0.392 e. The lowest BCUT2D eigenvalue weighted by atomic mass is 10.2. The Kier molecular flexibility index (Phi) is 8.33. The van der Waals surface area contributed by atoms with Crippen molar-refractivity contribution in [1.82, 2.24) is 10.6 Å². The molecule has 1 unspecified atom stereocenters. The summed E-state index contributed by atoms with van der Waals surface area (Å²) in [5.74, 6) is 0. The van der Waals surface area contributed by atoms with Gasteiger partial charge in [-0.05, 0) is 13.3 Å². The molecular weight excluding hydrogens is 180 g/mol. The molecule has 4 heteroatoms. The number of amides is 2. The number of carbonyl (C=O) groups is 1. The van der Waals surface area contributed by atoms with Gasteiger partial charge in [0.15, 0.2) is 0 Å². The van der Waals surface area contributed by atoms with E-state index in [0.29, 0.717) is 13.1 Å². The Morgan fingerprint density at radius 1 is 1.29 bits per heavy atom. The molecule has 0 aliphatic carbocycles. The summed E-state index contributed by atoms with van der Waals surface area (Å²) in [4.78, 5) is 11.0. The van der Waals surface area contributed by atoms with Gasteiger partial charge in [-0.3, -0.25) is 0 Å². The second-order valence-corrected chi connectivity index (χ2v) is 3.55. The third-order valence-electron chi connectivity index (χ3n) is 1.87. The van der Waals surface area contributed by atoms with Gasteiger partial charge in [-0.15, -0.1) is 0 Å². The topological polar surface area (TPSA) is 61.4 Å². The van der Waals surface area contributed by atoms with Crippen molar-refractivity contribution in [1.29, 1.82) is 0 Å². The van der Waals surface area contributed by atoms with Crippen molar-refractivity contribution in [2.24, 2.45) is 0 Å². The smallest absolute Gasteiger partial charge is 0.314 e. The van der Waals surface area contributed by atoms with Crippen LogP contribution in [-0.4, -0.2) is 30.3 Å². The van der Waals surface area contributed by atoms with Crippen LogP contribution in [0.15, 0.2) is 0 Å². The molecule has 3 N–H and O–H groups in total. The molecule has 0 aromatic rings. The van der Waals surface area contributed by atoms with E-state index < -0.39 is 6.10 Å². The Labute approximate surface area is 86.1 Å². The van der Waals surface area contributed by atoms with Gasteiger partial charge in [0.1, 0.15) is 0 Å². The van der Waals surface area contributed by atoms with Gasteiger partial charge in [-0.2, -0.15) is 0 Å². The average molecular weight is 202 g/mol. The predicted molar refractivity (Wildman–Crippen MR) is 57.2 cm³/mol. The maximum absolute atomic E-state index is 11.0. The van der Waals surface area contributed by atoms with Crippen LogP contribution < -0.4 is 10.6 Å². The van der Waals surface area contributed by atoms with Gasteiger partial charge >= 0.3 is 6.03 Å². The number of rotatable bonds is 7. The van der Waals surface area contributed by atoms with Gasteiger partial charge in [0.05, 0.1) is 6.10 Å². The Balaban J connectivity index is 3.18. The van der Waals surface area contributed by atoms with Crippen LogP contribution in [0.25, 0.3) is 0 Å². The van der Waals surface area contributed by atoms with E-state index in [9.17, 15) is 4.79 Å². The summed E-state index contributed by atoms with van der Waals surface area (Å²) < 4.78 is 0. The van der Waals surface area contributed by atoms with Gasteiger partial charge < -0.3 is 15.7 Å². The number of nitrogens with one attached hydrogen (secondary N) is 2. The standard InChI is InChI=1S/C10H22N2O2/c1-3-4-5-6-7-11-10(14)12-8-9(2)13/h9,13H,3-8H2,1-2H3,(H2,11,12,14). The molecule has 0 saturated heterocycles. The Morgan fingerprint density at radius 2 is 2.00 bits per heavy atom. The first-order valence-electron chi connectivity index (χ1n) is 5.36. The molecule has 0 bridgehead atoms. The lowest BCUT2D eigenvalue weighted by molar-refractivity contribution is 0.187. The van der Waals surface area contributed by atoms with E-state index in [1.807, 2.05) is 0 Å². The Morgan fingerprint density at radius 3 is 2.57 bits per heavy atom. The molecule has 1 atom stereocenters. The molecule has 0 saturated carbocycles. The normalized spacial score (nSPS) is 12.2. The highest BCUT2D eigenvalue weighted by molar-refractivity contribution is 5.73. The molecule has 0 aromatic heterocycles. The van der Waals surface area contributed by atoms with Crippen LogP contribution in [0.3, 0.4) is 0 Å². The van der Waals surface area contributed by atoms with Gasteiger partial charge in [0, 0.05) is 13.1 Å². The van der Waals surface area contributed by atoms with E-state index in [4.69, 9.17) is 5.11 Å².